The highest BCUT2D eigenvalue weighted by atomic mass is 16.5. The third-order valence-corrected chi connectivity index (χ3v) is 4.72. The van der Waals surface area contributed by atoms with Crippen molar-refractivity contribution in [2.75, 3.05) is 80.0 Å². The molecule has 0 aliphatic carbocycles. The number of nitrogens with one attached hydrogen (secondary N) is 2. The summed E-state index contributed by atoms with van der Waals surface area (Å²) < 4.78 is 21.3. The monoisotopic (exact) mass is 408 g/mol. The summed E-state index contributed by atoms with van der Waals surface area (Å²) in [6.07, 6.45) is 0. The molecule has 1 aromatic carbocycles. The molecule has 2 N–H and O–H groups in total. The molecule has 1 aliphatic heterocycles. The van der Waals surface area contributed by atoms with Crippen LogP contribution < -0.4 is 15.4 Å². The fraction of sp³-hybridized carbons (Fsp3) is 0.667. The van der Waals surface area contributed by atoms with E-state index in [0.29, 0.717) is 32.9 Å². The maximum atomic E-state index is 5.53. The number of guanidine groups is 1. The van der Waals surface area contributed by atoms with Crippen molar-refractivity contribution in [1.82, 2.24) is 15.5 Å². The molecule has 8 heteroatoms. The topological polar surface area (TPSA) is 76.6 Å². The first-order chi connectivity index (χ1) is 14.3. The maximum Gasteiger partial charge on any atom is 0.191 e. The summed E-state index contributed by atoms with van der Waals surface area (Å²) in [7, 11) is 3.36. The second kappa shape index (κ2) is 14.2. The van der Waals surface area contributed by atoms with E-state index in [0.717, 1.165) is 44.6 Å². The lowest BCUT2D eigenvalue weighted by Crippen LogP contribution is -2.42. The van der Waals surface area contributed by atoms with Gasteiger partial charge in [0.25, 0.3) is 0 Å². The molecule has 0 saturated carbocycles. The predicted molar refractivity (Wildman–Crippen MR) is 115 cm³/mol. The molecule has 1 aromatic rings. The third-order valence-electron chi connectivity index (χ3n) is 4.72. The van der Waals surface area contributed by atoms with Crippen molar-refractivity contribution in [2.24, 2.45) is 4.99 Å². The van der Waals surface area contributed by atoms with Crippen LogP contribution in [0.15, 0.2) is 29.3 Å². The highest BCUT2D eigenvalue weighted by molar-refractivity contribution is 5.79. The van der Waals surface area contributed by atoms with Gasteiger partial charge in [-0.3, -0.25) is 9.89 Å². The van der Waals surface area contributed by atoms with Gasteiger partial charge < -0.3 is 29.6 Å². The minimum atomic E-state index is 0.193. The van der Waals surface area contributed by atoms with Gasteiger partial charge in [-0.2, -0.15) is 0 Å². The molecule has 1 saturated heterocycles. The molecule has 2 rings (SSSR count). The number of ether oxygens (including phenoxy) is 4. The van der Waals surface area contributed by atoms with Gasteiger partial charge in [-0.05, 0) is 24.6 Å². The average molecular weight is 409 g/mol. The van der Waals surface area contributed by atoms with Gasteiger partial charge in [0.15, 0.2) is 5.96 Å². The molecule has 1 unspecified atom stereocenters. The zero-order chi connectivity index (χ0) is 20.7. The molecule has 1 heterocycles. The minimum absolute atomic E-state index is 0.193. The summed E-state index contributed by atoms with van der Waals surface area (Å²) in [5.74, 6) is 1.66. The predicted octanol–water partition coefficient (Wildman–Crippen LogP) is 1.29. The second-order valence-corrected chi connectivity index (χ2v) is 6.69. The molecule has 164 valence electrons. The van der Waals surface area contributed by atoms with Gasteiger partial charge in [0, 0.05) is 33.3 Å². The number of benzene rings is 1. The summed E-state index contributed by atoms with van der Waals surface area (Å²) in [4.78, 5) is 7.28. The molecule has 1 aliphatic rings. The molecule has 0 spiro atoms. The Bertz CT molecular complexity index is 577. The summed E-state index contributed by atoms with van der Waals surface area (Å²) in [6, 6.07) is 8.45. The number of morpholine rings is 1. The normalized spacial score (nSPS) is 16.4. The number of hydrogen-bond acceptors (Lipinski definition) is 6. The first-order valence-corrected chi connectivity index (χ1v) is 10.3. The number of rotatable bonds is 12. The first-order valence-electron chi connectivity index (χ1n) is 10.3. The molecule has 0 amide bonds. The molecule has 0 aromatic heterocycles. The number of aliphatic imine (C=N–C) groups is 1. The highest BCUT2D eigenvalue weighted by Gasteiger charge is 2.22. The van der Waals surface area contributed by atoms with Crippen LogP contribution in [0.25, 0.3) is 0 Å². The van der Waals surface area contributed by atoms with Crippen molar-refractivity contribution in [3.05, 3.63) is 29.8 Å². The Hall–Kier alpha value is -1.87. The van der Waals surface area contributed by atoms with E-state index >= 15 is 0 Å². The molecule has 8 nitrogen and oxygen atoms in total. The highest BCUT2D eigenvalue weighted by Crippen LogP contribution is 2.24. The summed E-state index contributed by atoms with van der Waals surface area (Å²) in [6.45, 7) is 9.37. The van der Waals surface area contributed by atoms with E-state index in [4.69, 9.17) is 23.9 Å². The lowest BCUT2D eigenvalue weighted by atomic mass is 10.0. The Morgan fingerprint density at radius 1 is 1.10 bits per heavy atom. The zero-order valence-corrected chi connectivity index (χ0v) is 18.0. The van der Waals surface area contributed by atoms with Crippen molar-refractivity contribution >= 4 is 5.96 Å². The molecule has 0 bridgehead atoms. The maximum absolute atomic E-state index is 5.53. The van der Waals surface area contributed by atoms with Gasteiger partial charge in [0.1, 0.15) is 5.75 Å². The summed E-state index contributed by atoms with van der Waals surface area (Å²) in [5, 5.41) is 6.64. The van der Waals surface area contributed by atoms with Gasteiger partial charge in [0.05, 0.1) is 52.7 Å². The van der Waals surface area contributed by atoms with Gasteiger partial charge in [-0.25, -0.2) is 0 Å². The van der Waals surface area contributed by atoms with Crippen LogP contribution in [0.5, 0.6) is 5.75 Å². The van der Waals surface area contributed by atoms with Crippen LogP contribution in [0.4, 0.5) is 0 Å². The van der Waals surface area contributed by atoms with E-state index in [2.05, 4.69) is 34.6 Å². The first kappa shape index (κ1) is 23.4. The number of methoxy groups -OCH3 is 2. The van der Waals surface area contributed by atoms with Gasteiger partial charge in [0.2, 0.25) is 0 Å². The Morgan fingerprint density at radius 3 is 2.52 bits per heavy atom. The van der Waals surface area contributed by atoms with Gasteiger partial charge in [-0.15, -0.1) is 0 Å². The van der Waals surface area contributed by atoms with Crippen molar-refractivity contribution in [2.45, 2.75) is 13.0 Å². The fourth-order valence-corrected chi connectivity index (χ4v) is 3.15. The number of hydrogen-bond donors (Lipinski definition) is 2. The van der Waals surface area contributed by atoms with Crippen LogP contribution in [0.1, 0.15) is 18.5 Å². The fourth-order valence-electron chi connectivity index (χ4n) is 3.15. The quantitative estimate of drug-likeness (QED) is 0.307. The van der Waals surface area contributed by atoms with Gasteiger partial charge >= 0.3 is 0 Å². The Morgan fingerprint density at radius 2 is 1.86 bits per heavy atom. The zero-order valence-electron chi connectivity index (χ0n) is 18.0. The second-order valence-electron chi connectivity index (χ2n) is 6.69. The van der Waals surface area contributed by atoms with Crippen LogP contribution in [0.3, 0.4) is 0 Å². The summed E-state index contributed by atoms with van der Waals surface area (Å²) in [5.41, 5.74) is 1.23. The van der Waals surface area contributed by atoms with Crippen molar-refractivity contribution in [3.8, 4) is 5.75 Å². The van der Waals surface area contributed by atoms with Crippen LogP contribution in [-0.2, 0) is 14.2 Å². The molecular weight excluding hydrogens is 372 g/mol. The standard InChI is InChI=1S/C21H36N4O4/c1-4-22-21(23-9-12-28-16-15-26-2)24-17-20(25-10-13-29-14-11-25)18-5-7-19(27-3)8-6-18/h5-8,20H,4,9-17H2,1-3H3,(H2,22,23,24). The largest absolute Gasteiger partial charge is 0.497 e. The van der Waals surface area contributed by atoms with E-state index in [1.54, 1.807) is 14.2 Å². The number of nitrogens with zero attached hydrogens (tertiary/aromatic N) is 2. The SMILES string of the molecule is CCNC(=NCC(c1ccc(OC)cc1)N1CCOCC1)NCCOCCOC. The van der Waals surface area contributed by atoms with E-state index in [9.17, 15) is 0 Å². The van der Waals surface area contributed by atoms with Crippen molar-refractivity contribution in [3.63, 3.8) is 0 Å². The lowest BCUT2D eigenvalue weighted by Gasteiger charge is -2.34. The van der Waals surface area contributed by atoms with Crippen LogP contribution in [-0.4, -0.2) is 90.8 Å². The van der Waals surface area contributed by atoms with Gasteiger partial charge in [-0.1, -0.05) is 12.1 Å². The third kappa shape index (κ3) is 8.57. The molecule has 29 heavy (non-hydrogen) atoms. The van der Waals surface area contributed by atoms with E-state index in [1.807, 2.05) is 12.1 Å². The summed E-state index contributed by atoms with van der Waals surface area (Å²) >= 11 is 0. The Balaban J connectivity index is 1.99. The lowest BCUT2D eigenvalue weighted by molar-refractivity contribution is 0.0179. The van der Waals surface area contributed by atoms with Crippen LogP contribution in [0, 0.1) is 0 Å². The molecule has 1 atom stereocenters. The van der Waals surface area contributed by atoms with E-state index in [-0.39, 0.29) is 6.04 Å². The molecular formula is C21H36N4O4. The van der Waals surface area contributed by atoms with Crippen molar-refractivity contribution in [1.29, 1.82) is 0 Å². The molecule has 1 fully saturated rings. The van der Waals surface area contributed by atoms with E-state index in [1.165, 1.54) is 5.56 Å². The Kier molecular flexibility index (Phi) is 11.4. The van der Waals surface area contributed by atoms with Crippen LogP contribution >= 0.6 is 0 Å². The average Bonchev–Trinajstić information content (AvgIpc) is 2.77. The Labute approximate surface area is 174 Å². The van der Waals surface area contributed by atoms with Crippen molar-refractivity contribution < 1.29 is 18.9 Å². The van der Waals surface area contributed by atoms with E-state index < -0.39 is 0 Å². The minimum Gasteiger partial charge on any atom is -0.497 e. The molecule has 0 radical (unpaired) electrons. The van der Waals surface area contributed by atoms with Crippen LogP contribution in [0.2, 0.25) is 0 Å². The smallest absolute Gasteiger partial charge is 0.191 e.